The molecule has 0 atom stereocenters. The Balaban J connectivity index is 1.95. The Morgan fingerprint density at radius 2 is 1.90 bits per heavy atom. The summed E-state index contributed by atoms with van der Waals surface area (Å²) in [5, 5.41) is 9.39. The number of nitrogens with zero attached hydrogens (tertiary/aromatic N) is 3. The summed E-state index contributed by atoms with van der Waals surface area (Å²) in [6.45, 7) is 2.77. The molecule has 0 amide bonds. The Hall–Kier alpha value is -1.36. The van der Waals surface area contributed by atoms with Crippen LogP contribution in [0.5, 0.6) is 0 Å². The van der Waals surface area contributed by atoms with Crippen molar-refractivity contribution < 1.29 is 5.11 Å². The average Bonchev–Trinajstić information content (AvgIpc) is 3.15. The maximum atomic E-state index is 9.39. The zero-order valence-corrected chi connectivity index (χ0v) is 12.2. The highest BCUT2D eigenvalue weighted by atomic mass is 16.3. The summed E-state index contributed by atoms with van der Waals surface area (Å²) in [6, 6.07) is 0.488. The molecule has 3 N–H and O–H groups in total. The summed E-state index contributed by atoms with van der Waals surface area (Å²) < 4.78 is 0. The zero-order chi connectivity index (χ0) is 14.1. The van der Waals surface area contributed by atoms with Gasteiger partial charge in [0.1, 0.15) is 17.5 Å². The van der Waals surface area contributed by atoms with E-state index in [0.29, 0.717) is 24.3 Å². The average molecular weight is 276 g/mol. The first-order valence-corrected chi connectivity index (χ1v) is 7.72. The topological polar surface area (TPSA) is 75.3 Å². The summed E-state index contributed by atoms with van der Waals surface area (Å²) in [6.07, 6.45) is 7.24. The number of rotatable bonds is 5. The molecule has 3 rings (SSSR count). The van der Waals surface area contributed by atoms with Crippen LogP contribution in [0.4, 0.5) is 11.6 Å². The first-order valence-electron chi connectivity index (χ1n) is 7.72. The van der Waals surface area contributed by atoms with E-state index in [1.54, 1.807) is 0 Å². The molecule has 0 aliphatic heterocycles. The van der Waals surface area contributed by atoms with Gasteiger partial charge in [0.2, 0.25) is 0 Å². The Kier molecular flexibility index (Phi) is 3.78. The lowest BCUT2D eigenvalue weighted by Crippen LogP contribution is -2.37. The molecule has 0 bridgehead atoms. The molecule has 0 unspecified atom stereocenters. The zero-order valence-electron chi connectivity index (χ0n) is 12.2. The molecule has 2 aliphatic carbocycles. The maximum Gasteiger partial charge on any atom is 0.137 e. The number of aromatic nitrogens is 2. The number of nitrogens with two attached hydrogens (primary N) is 1. The normalized spacial score (nSPS) is 19.5. The molecule has 0 radical (unpaired) electrons. The number of nitrogen functional groups attached to an aromatic ring is 1. The van der Waals surface area contributed by atoms with E-state index in [1.165, 1.54) is 38.5 Å². The molecule has 1 aromatic rings. The minimum absolute atomic E-state index is 0.151. The van der Waals surface area contributed by atoms with E-state index < -0.39 is 0 Å². The van der Waals surface area contributed by atoms with Gasteiger partial charge in [0.15, 0.2) is 0 Å². The van der Waals surface area contributed by atoms with Crippen molar-refractivity contribution >= 4 is 11.6 Å². The molecule has 2 saturated carbocycles. The summed E-state index contributed by atoms with van der Waals surface area (Å²) in [7, 11) is 0. The van der Waals surface area contributed by atoms with Crippen molar-refractivity contribution in [3.63, 3.8) is 0 Å². The van der Waals surface area contributed by atoms with E-state index in [2.05, 4.69) is 9.88 Å². The van der Waals surface area contributed by atoms with Crippen molar-refractivity contribution in [1.82, 2.24) is 9.97 Å². The second kappa shape index (κ2) is 5.56. The van der Waals surface area contributed by atoms with Crippen LogP contribution in [0.2, 0.25) is 0 Å². The minimum Gasteiger partial charge on any atom is -0.395 e. The van der Waals surface area contributed by atoms with Gasteiger partial charge in [-0.3, -0.25) is 0 Å². The fourth-order valence-electron chi connectivity index (χ4n) is 3.13. The number of aliphatic hydroxyl groups excluding tert-OH is 1. The lowest BCUT2D eigenvalue weighted by Gasteiger charge is -2.31. The van der Waals surface area contributed by atoms with Gasteiger partial charge in [-0.1, -0.05) is 12.8 Å². The molecule has 20 heavy (non-hydrogen) atoms. The van der Waals surface area contributed by atoms with Crippen LogP contribution < -0.4 is 10.6 Å². The Morgan fingerprint density at radius 1 is 1.20 bits per heavy atom. The van der Waals surface area contributed by atoms with E-state index in [4.69, 9.17) is 10.7 Å². The summed E-state index contributed by atoms with van der Waals surface area (Å²) in [4.78, 5) is 11.5. The van der Waals surface area contributed by atoms with Crippen LogP contribution in [0.3, 0.4) is 0 Å². The molecule has 5 nitrogen and oxygen atoms in total. The molecule has 2 fully saturated rings. The lowest BCUT2D eigenvalue weighted by atomic mass is 10.1. The van der Waals surface area contributed by atoms with Crippen molar-refractivity contribution in [3.8, 4) is 0 Å². The Labute approximate surface area is 120 Å². The molecule has 110 valence electrons. The van der Waals surface area contributed by atoms with Crippen molar-refractivity contribution in [1.29, 1.82) is 0 Å². The third-order valence-corrected chi connectivity index (χ3v) is 4.50. The SMILES string of the molecule is Cc1c(N)nc(C2CC2)nc1N(CCO)C1CCCC1. The smallest absolute Gasteiger partial charge is 0.137 e. The molecular weight excluding hydrogens is 252 g/mol. The first-order chi connectivity index (χ1) is 9.70. The molecule has 0 aromatic carbocycles. The van der Waals surface area contributed by atoms with E-state index in [0.717, 1.165) is 17.2 Å². The molecule has 0 saturated heterocycles. The van der Waals surface area contributed by atoms with Crippen molar-refractivity contribution in [3.05, 3.63) is 11.4 Å². The maximum absolute atomic E-state index is 9.39. The van der Waals surface area contributed by atoms with Crippen LogP contribution in [0, 0.1) is 6.92 Å². The monoisotopic (exact) mass is 276 g/mol. The quantitative estimate of drug-likeness (QED) is 0.860. The van der Waals surface area contributed by atoms with E-state index in [9.17, 15) is 5.11 Å². The van der Waals surface area contributed by atoms with Gasteiger partial charge in [0, 0.05) is 24.1 Å². The highest BCUT2D eigenvalue weighted by molar-refractivity contribution is 5.57. The Morgan fingerprint density at radius 3 is 2.50 bits per heavy atom. The van der Waals surface area contributed by atoms with Gasteiger partial charge in [-0.25, -0.2) is 9.97 Å². The van der Waals surface area contributed by atoms with Gasteiger partial charge in [-0.2, -0.15) is 0 Å². The molecule has 0 spiro atoms. The van der Waals surface area contributed by atoms with Crippen LogP contribution in [0.1, 0.15) is 55.8 Å². The first kappa shape index (κ1) is 13.6. The highest BCUT2D eigenvalue weighted by Gasteiger charge is 2.30. The van der Waals surface area contributed by atoms with Crippen LogP contribution in [-0.4, -0.2) is 34.3 Å². The van der Waals surface area contributed by atoms with Gasteiger partial charge < -0.3 is 15.7 Å². The summed E-state index contributed by atoms with van der Waals surface area (Å²) in [5.74, 6) is 2.93. The summed E-state index contributed by atoms with van der Waals surface area (Å²) >= 11 is 0. The van der Waals surface area contributed by atoms with Crippen LogP contribution in [0.15, 0.2) is 0 Å². The molecule has 1 heterocycles. The number of hydrogen-bond acceptors (Lipinski definition) is 5. The number of aliphatic hydroxyl groups is 1. The van der Waals surface area contributed by atoms with E-state index in [1.807, 2.05) is 6.92 Å². The molecule has 1 aromatic heterocycles. The standard InChI is InChI=1S/C15H24N4O/c1-10-13(16)17-14(11-6-7-11)18-15(10)19(8-9-20)12-4-2-3-5-12/h11-12,20H,2-9H2,1H3,(H2,16,17,18). The van der Waals surface area contributed by atoms with Crippen molar-refractivity contribution in [2.24, 2.45) is 0 Å². The third-order valence-electron chi connectivity index (χ3n) is 4.50. The van der Waals surface area contributed by atoms with Crippen LogP contribution in [-0.2, 0) is 0 Å². The second-order valence-electron chi connectivity index (χ2n) is 6.05. The third kappa shape index (κ3) is 2.59. The van der Waals surface area contributed by atoms with E-state index in [-0.39, 0.29) is 6.61 Å². The van der Waals surface area contributed by atoms with Crippen LogP contribution in [0.25, 0.3) is 0 Å². The molecule has 5 heteroatoms. The molecule has 2 aliphatic rings. The largest absolute Gasteiger partial charge is 0.395 e. The van der Waals surface area contributed by atoms with Crippen molar-refractivity contribution in [2.75, 3.05) is 23.8 Å². The van der Waals surface area contributed by atoms with Gasteiger partial charge >= 0.3 is 0 Å². The highest BCUT2D eigenvalue weighted by Crippen LogP contribution is 2.40. The van der Waals surface area contributed by atoms with E-state index >= 15 is 0 Å². The number of hydrogen-bond donors (Lipinski definition) is 2. The predicted molar refractivity (Wildman–Crippen MR) is 79.8 cm³/mol. The fourth-order valence-corrected chi connectivity index (χ4v) is 3.13. The van der Waals surface area contributed by atoms with Gasteiger partial charge in [0.05, 0.1) is 6.61 Å². The van der Waals surface area contributed by atoms with Crippen LogP contribution >= 0.6 is 0 Å². The summed E-state index contributed by atoms with van der Waals surface area (Å²) in [5.41, 5.74) is 7.03. The number of anilines is 2. The van der Waals surface area contributed by atoms with Gasteiger partial charge in [0.25, 0.3) is 0 Å². The lowest BCUT2D eigenvalue weighted by molar-refractivity contribution is 0.296. The van der Waals surface area contributed by atoms with Gasteiger partial charge in [-0.15, -0.1) is 0 Å². The Bertz CT molecular complexity index is 481. The van der Waals surface area contributed by atoms with Gasteiger partial charge in [-0.05, 0) is 32.6 Å². The predicted octanol–water partition coefficient (Wildman–Crippen LogP) is 1.99. The van der Waals surface area contributed by atoms with Crippen molar-refractivity contribution in [2.45, 2.75) is 57.4 Å². The fraction of sp³-hybridized carbons (Fsp3) is 0.733. The minimum atomic E-state index is 0.151. The molecular formula is C15H24N4O. The second-order valence-corrected chi connectivity index (χ2v) is 6.05.